The second kappa shape index (κ2) is 9.11. The monoisotopic (exact) mass is 283 g/mol. The molecule has 1 heterocycles. The molecule has 0 amide bonds. The minimum absolute atomic E-state index is 0.0242. The molecule has 7 heteroatoms. The molecule has 0 saturated carbocycles. The maximum atomic E-state index is 8.72. The van der Waals surface area contributed by atoms with Gasteiger partial charge < -0.3 is 25.2 Å². The molecule has 3 N–H and O–H groups in total. The summed E-state index contributed by atoms with van der Waals surface area (Å²) >= 11 is 0. The fourth-order valence-corrected chi connectivity index (χ4v) is 1.47. The molecule has 1 aromatic rings. The van der Waals surface area contributed by atoms with Crippen LogP contribution in [0.25, 0.3) is 0 Å². The molecule has 0 saturated heterocycles. The predicted octanol–water partition coefficient (Wildman–Crippen LogP) is 0.916. The van der Waals surface area contributed by atoms with Crippen LogP contribution in [0, 0.1) is 6.92 Å². The first-order valence-corrected chi connectivity index (χ1v) is 6.34. The number of pyridine rings is 1. The van der Waals surface area contributed by atoms with Crippen molar-refractivity contribution in [2.24, 2.45) is 10.9 Å². The topological polar surface area (TPSA) is 99.2 Å². The number of aromatic nitrogens is 1. The largest absolute Gasteiger partial charge is 0.477 e. The summed E-state index contributed by atoms with van der Waals surface area (Å²) in [4.78, 5) is 4.23. The van der Waals surface area contributed by atoms with Crippen LogP contribution in [0.15, 0.2) is 17.3 Å². The van der Waals surface area contributed by atoms with Gasteiger partial charge in [-0.25, -0.2) is 4.98 Å². The van der Waals surface area contributed by atoms with Crippen molar-refractivity contribution >= 4 is 5.84 Å². The summed E-state index contributed by atoms with van der Waals surface area (Å²) in [6.45, 7) is 4.00. The fourth-order valence-electron chi connectivity index (χ4n) is 1.47. The second-order valence-corrected chi connectivity index (χ2v) is 4.10. The quantitative estimate of drug-likeness (QED) is 0.230. The molecule has 7 nitrogen and oxygen atoms in total. The molecular formula is C13H21N3O4. The van der Waals surface area contributed by atoms with Crippen molar-refractivity contribution in [2.75, 3.05) is 33.5 Å². The molecule has 20 heavy (non-hydrogen) atoms. The number of nitrogens with zero attached hydrogens (tertiary/aromatic N) is 2. The molecule has 1 aromatic heterocycles. The van der Waals surface area contributed by atoms with E-state index in [-0.39, 0.29) is 5.84 Å². The van der Waals surface area contributed by atoms with Crippen molar-refractivity contribution in [3.8, 4) is 5.88 Å². The van der Waals surface area contributed by atoms with Crippen LogP contribution in [0.2, 0.25) is 0 Å². The number of rotatable bonds is 9. The van der Waals surface area contributed by atoms with Crippen LogP contribution in [0.3, 0.4) is 0 Å². The zero-order chi connectivity index (χ0) is 14.8. The van der Waals surface area contributed by atoms with Gasteiger partial charge in [-0.3, -0.25) is 0 Å². The van der Waals surface area contributed by atoms with Crippen molar-refractivity contribution in [3.05, 3.63) is 23.4 Å². The van der Waals surface area contributed by atoms with Gasteiger partial charge >= 0.3 is 0 Å². The molecule has 0 fully saturated rings. The number of hydrogen-bond donors (Lipinski definition) is 2. The van der Waals surface area contributed by atoms with E-state index in [1.165, 1.54) is 0 Å². The van der Waals surface area contributed by atoms with Crippen LogP contribution in [-0.2, 0) is 9.47 Å². The van der Waals surface area contributed by atoms with E-state index in [0.29, 0.717) is 37.9 Å². The minimum Gasteiger partial charge on any atom is -0.477 e. The summed E-state index contributed by atoms with van der Waals surface area (Å²) in [7, 11) is 1.63. The Kier molecular flexibility index (Phi) is 7.38. The van der Waals surface area contributed by atoms with Crippen LogP contribution < -0.4 is 10.5 Å². The van der Waals surface area contributed by atoms with Crippen LogP contribution in [0.1, 0.15) is 17.7 Å². The Morgan fingerprint density at radius 3 is 2.80 bits per heavy atom. The molecule has 1 rings (SSSR count). The third kappa shape index (κ3) is 5.41. The predicted molar refractivity (Wildman–Crippen MR) is 74.3 cm³/mol. The summed E-state index contributed by atoms with van der Waals surface area (Å²) in [5.41, 5.74) is 6.84. The van der Waals surface area contributed by atoms with E-state index in [0.717, 1.165) is 12.1 Å². The Balaban J connectivity index is 2.44. The van der Waals surface area contributed by atoms with E-state index in [1.807, 2.05) is 6.92 Å². The van der Waals surface area contributed by atoms with E-state index in [2.05, 4.69) is 10.1 Å². The molecule has 0 aliphatic carbocycles. The summed E-state index contributed by atoms with van der Waals surface area (Å²) < 4.78 is 15.7. The SMILES string of the molecule is COCCOCCCOc1nc(C)ccc1/C(N)=N/O. The molecule has 0 atom stereocenters. The maximum Gasteiger partial charge on any atom is 0.224 e. The lowest BCUT2D eigenvalue weighted by molar-refractivity contribution is 0.0642. The Morgan fingerprint density at radius 2 is 2.10 bits per heavy atom. The first-order valence-electron chi connectivity index (χ1n) is 6.34. The Bertz CT molecular complexity index is 438. The van der Waals surface area contributed by atoms with Crippen LogP contribution in [-0.4, -0.2) is 49.6 Å². The number of hydrogen-bond acceptors (Lipinski definition) is 6. The molecule has 112 valence electrons. The van der Waals surface area contributed by atoms with Crippen molar-refractivity contribution < 1.29 is 19.4 Å². The van der Waals surface area contributed by atoms with Gasteiger partial charge in [0.25, 0.3) is 0 Å². The lowest BCUT2D eigenvalue weighted by atomic mass is 10.2. The molecular weight excluding hydrogens is 262 g/mol. The van der Waals surface area contributed by atoms with Crippen LogP contribution >= 0.6 is 0 Å². The maximum absolute atomic E-state index is 8.72. The highest BCUT2D eigenvalue weighted by Crippen LogP contribution is 2.16. The molecule has 0 bridgehead atoms. The zero-order valence-corrected chi connectivity index (χ0v) is 11.8. The first kappa shape index (κ1) is 16.2. The van der Waals surface area contributed by atoms with Gasteiger partial charge in [-0.2, -0.15) is 0 Å². The first-order chi connectivity index (χ1) is 9.69. The lowest BCUT2D eigenvalue weighted by Gasteiger charge is -2.10. The second-order valence-electron chi connectivity index (χ2n) is 4.10. The Morgan fingerprint density at radius 1 is 1.30 bits per heavy atom. The molecule has 0 spiro atoms. The Labute approximate surface area is 118 Å². The number of oxime groups is 1. The summed E-state index contributed by atoms with van der Waals surface area (Å²) in [5.74, 6) is 0.334. The summed E-state index contributed by atoms with van der Waals surface area (Å²) in [5, 5.41) is 11.7. The van der Waals surface area contributed by atoms with E-state index in [1.54, 1.807) is 19.2 Å². The smallest absolute Gasteiger partial charge is 0.224 e. The molecule has 0 aromatic carbocycles. The van der Waals surface area contributed by atoms with Gasteiger partial charge in [-0.15, -0.1) is 0 Å². The number of amidine groups is 1. The molecule has 0 aliphatic heterocycles. The van der Waals surface area contributed by atoms with Gasteiger partial charge in [0.1, 0.15) is 0 Å². The van der Waals surface area contributed by atoms with E-state index in [9.17, 15) is 0 Å². The van der Waals surface area contributed by atoms with Crippen LogP contribution in [0.4, 0.5) is 0 Å². The number of nitrogens with two attached hydrogens (primary N) is 1. The third-order valence-corrected chi connectivity index (χ3v) is 2.49. The van der Waals surface area contributed by atoms with Gasteiger partial charge in [-0.1, -0.05) is 5.16 Å². The third-order valence-electron chi connectivity index (χ3n) is 2.49. The lowest BCUT2D eigenvalue weighted by Crippen LogP contribution is -2.16. The molecule has 0 radical (unpaired) electrons. The number of methoxy groups -OCH3 is 1. The van der Waals surface area contributed by atoms with Gasteiger partial charge in [0, 0.05) is 25.8 Å². The van der Waals surface area contributed by atoms with Gasteiger partial charge in [0.2, 0.25) is 5.88 Å². The highest BCUT2D eigenvalue weighted by molar-refractivity contribution is 5.99. The normalized spacial score (nSPS) is 11.6. The number of ether oxygens (including phenoxy) is 3. The van der Waals surface area contributed by atoms with Gasteiger partial charge in [-0.05, 0) is 19.1 Å². The molecule has 0 aliphatic rings. The van der Waals surface area contributed by atoms with Crippen molar-refractivity contribution in [1.29, 1.82) is 0 Å². The van der Waals surface area contributed by atoms with Gasteiger partial charge in [0.15, 0.2) is 5.84 Å². The average molecular weight is 283 g/mol. The average Bonchev–Trinajstić information content (AvgIpc) is 2.45. The van der Waals surface area contributed by atoms with Gasteiger partial charge in [0.05, 0.1) is 25.4 Å². The fraction of sp³-hybridized carbons (Fsp3) is 0.538. The highest BCUT2D eigenvalue weighted by Gasteiger charge is 2.10. The van der Waals surface area contributed by atoms with Crippen molar-refractivity contribution in [3.63, 3.8) is 0 Å². The van der Waals surface area contributed by atoms with Crippen LogP contribution in [0.5, 0.6) is 5.88 Å². The zero-order valence-electron chi connectivity index (χ0n) is 11.8. The summed E-state index contributed by atoms with van der Waals surface area (Å²) in [6, 6.07) is 3.48. The van der Waals surface area contributed by atoms with E-state index >= 15 is 0 Å². The standard InChI is InChI=1S/C13H21N3O4/c1-10-4-5-11(12(14)16-17)13(15-10)20-7-3-6-19-9-8-18-2/h4-5,17H,3,6-9H2,1-2H3,(H2,14,16). The van der Waals surface area contributed by atoms with Crippen molar-refractivity contribution in [1.82, 2.24) is 4.98 Å². The van der Waals surface area contributed by atoms with Crippen molar-refractivity contribution in [2.45, 2.75) is 13.3 Å². The van der Waals surface area contributed by atoms with E-state index in [4.69, 9.17) is 25.2 Å². The summed E-state index contributed by atoms with van der Waals surface area (Å²) in [6.07, 6.45) is 0.717. The van der Waals surface area contributed by atoms with E-state index < -0.39 is 0 Å². The number of aryl methyl sites for hydroxylation is 1. The minimum atomic E-state index is -0.0242. The highest BCUT2D eigenvalue weighted by atomic mass is 16.5. The Hall–Kier alpha value is -1.86. The molecule has 0 unspecified atom stereocenters.